The predicted octanol–water partition coefficient (Wildman–Crippen LogP) is 5.16. The summed E-state index contributed by atoms with van der Waals surface area (Å²) >= 11 is 0. The Hall–Kier alpha value is -2.01. The van der Waals surface area contributed by atoms with Crippen LogP contribution in [0.3, 0.4) is 0 Å². The highest BCUT2D eigenvalue weighted by atomic mass is 16.2. The second-order valence-electron chi connectivity index (χ2n) is 8.77. The van der Waals surface area contributed by atoms with Crippen LogP contribution in [0.2, 0.25) is 0 Å². The first-order chi connectivity index (χ1) is 13.6. The number of urea groups is 1. The summed E-state index contributed by atoms with van der Waals surface area (Å²) in [6.45, 7) is 9.53. The molecule has 152 valence electrons. The van der Waals surface area contributed by atoms with Crippen LogP contribution in [-0.4, -0.2) is 52.5 Å². The predicted molar refractivity (Wildman–Crippen MR) is 116 cm³/mol. The lowest BCUT2D eigenvalue weighted by Crippen LogP contribution is -2.40. The Labute approximate surface area is 168 Å². The molecule has 1 aromatic heterocycles. The van der Waals surface area contributed by atoms with Crippen LogP contribution < -0.4 is 5.32 Å². The van der Waals surface area contributed by atoms with Gasteiger partial charge in [-0.2, -0.15) is 0 Å². The van der Waals surface area contributed by atoms with Crippen LogP contribution in [0.25, 0.3) is 10.9 Å². The number of carbonyl (C=O) groups excluding carboxylic acids is 1. The minimum atomic E-state index is -0.00690. The van der Waals surface area contributed by atoms with Crippen LogP contribution in [0.4, 0.5) is 10.5 Å². The highest BCUT2D eigenvalue weighted by Gasteiger charge is 2.33. The first-order valence-corrected chi connectivity index (χ1v) is 11.0. The van der Waals surface area contributed by atoms with Gasteiger partial charge in [-0.1, -0.05) is 6.92 Å². The Balaban J connectivity index is 1.54. The van der Waals surface area contributed by atoms with Crippen molar-refractivity contribution >= 4 is 22.6 Å². The van der Waals surface area contributed by atoms with Crippen LogP contribution in [-0.2, 0) is 0 Å². The Bertz CT molecular complexity index is 827. The van der Waals surface area contributed by atoms with Gasteiger partial charge in [0.25, 0.3) is 0 Å². The van der Waals surface area contributed by atoms with E-state index in [0.29, 0.717) is 5.92 Å². The van der Waals surface area contributed by atoms with E-state index in [1.165, 1.54) is 49.7 Å². The molecule has 2 unspecified atom stereocenters. The number of piperidine rings is 1. The van der Waals surface area contributed by atoms with Crippen molar-refractivity contribution in [1.82, 2.24) is 14.8 Å². The van der Waals surface area contributed by atoms with E-state index in [2.05, 4.69) is 54.3 Å². The summed E-state index contributed by atoms with van der Waals surface area (Å²) in [4.78, 5) is 20.8. The van der Waals surface area contributed by atoms with Gasteiger partial charge in [-0.3, -0.25) is 0 Å². The molecule has 2 fully saturated rings. The van der Waals surface area contributed by atoms with Crippen molar-refractivity contribution in [2.45, 2.75) is 70.9 Å². The van der Waals surface area contributed by atoms with Gasteiger partial charge >= 0.3 is 6.03 Å². The van der Waals surface area contributed by atoms with E-state index in [4.69, 9.17) is 0 Å². The van der Waals surface area contributed by atoms with Gasteiger partial charge in [0.1, 0.15) is 0 Å². The quantitative estimate of drug-likeness (QED) is 0.750. The smallest absolute Gasteiger partial charge is 0.322 e. The maximum absolute atomic E-state index is 12.7. The molecule has 2 aliphatic heterocycles. The van der Waals surface area contributed by atoms with Gasteiger partial charge in [-0.25, -0.2) is 4.79 Å². The summed E-state index contributed by atoms with van der Waals surface area (Å²) in [5, 5.41) is 4.39. The average Bonchev–Trinajstić information content (AvgIpc) is 3.31. The van der Waals surface area contributed by atoms with Crippen LogP contribution in [0.1, 0.15) is 64.4 Å². The van der Waals surface area contributed by atoms with Gasteiger partial charge in [0.2, 0.25) is 0 Å². The van der Waals surface area contributed by atoms with E-state index >= 15 is 0 Å². The molecule has 5 nitrogen and oxygen atoms in total. The number of benzene rings is 1. The molecular weight excluding hydrogens is 348 g/mol. The van der Waals surface area contributed by atoms with Crippen molar-refractivity contribution in [1.29, 1.82) is 0 Å². The maximum Gasteiger partial charge on any atom is 0.322 e. The minimum absolute atomic E-state index is 0.00690. The Morgan fingerprint density at radius 3 is 2.96 bits per heavy atom. The molecule has 0 bridgehead atoms. The molecule has 0 aliphatic carbocycles. The standard InChI is InChI=1S/C23H34N4O/c1-4-10-27(16(2)3)23(28)25-18-7-8-22-20(14-18)21(15-24-22)17-9-12-26-11-5-6-19(26)13-17/h7-8,14-17,19,24H,4-6,9-13H2,1-3H3,(H,25,28). The normalized spacial score (nSPS) is 22.6. The van der Waals surface area contributed by atoms with E-state index in [1.54, 1.807) is 0 Å². The van der Waals surface area contributed by atoms with E-state index in [9.17, 15) is 4.79 Å². The summed E-state index contributed by atoms with van der Waals surface area (Å²) < 4.78 is 0. The number of hydrogen-bond acceptors (Lipinski definition) is 2. The zero-order valence-corrected chi connectivity index (χ0v) is 17.5. The van der Waals surface area contributed by atoms with E-state index in [-0.39, 0.29) is 12.1 Å². The fourth-order valence-electron chi connectivity index (χ4n) is 5.10. The first kappa shape index (κ1) is 19.3. The lowest BCUT2D eigenvalue weighted by atomic mass is 9.85. The fraction of sp³-hybridized carbons (Fsp3) is 0.609. The molecule has 2 saturated heterocycles. The molecule has 0 radical (unpaired) electrons. The molecule has 2 amide bonds. The van der Waals surface area contributed by atoms with Crippen molar-refractivity contribution < 1.29 is 4.79 Å². The third kappa shape index (κ3) is 3.77. The number of carbonyl (C=O) groups is 1. The second kappa shape index (κ2) is 8.16. The Kier molecular flexibility index (Phi) is 5.63. The molecular formula is C23H34N4O. The highest BCUT2D eigenvalue weighted by molar-refractivity contribution is 5.94. The van der Waals surface area contributed by atoms with Crippen molar-refractivity contribution in [2.75, 3.05) is 25.0 Å². The van der Waals surface area contributed by atoms with Crippen molar-refractivity contribution in [3.8, 4) is 0 Å². The highest BCUT2D eigenvalue weighted by Crippen LogP contribution is 2.39. The van der Waals surface area contributed by atoms with Gasteiger partial charge in [-0.15, -0.1) is 0 Å². The molecule has 4 rings (SSSR count). The number of H-pyrrole nitrogens is 1. The molecule has 28 heavy (non-hydrogen) atoms. The monoisotopic (exact) mass is 382 g/mol. The Morgan fingerprint density at radius 1 is 1.32 bits per heavy atom. The van der Waals surface area contributed by atoms with Gasteiger partial charge in [0.05, 0.1) is 0 Å². The topological polar surface area (TPSA) is 51.4 Å². The molecule has 0 saturated carbocycles. The van der Waals surface area contributed by atoms with Crippen molar-refractivity contribution in [2.24, 2.45) is 0 Å². The first-order valence-electron chi connectivity index (χ1n) is 11.0. The van der Waals surface area contributed by atoms with E-state index in [0.717, 1.165) is 30.2 Å². The molecule has 2 aliphatic rings. The molecule has 3 heterocycles. The number of amides is 2. The van der Waals surface area contributed by atoms with Gasteiger partial charge in [0.15, 0.2) is 0 Å². The zero-order chi connectivity index (χ0) is 19.7. The van der Waals surface area contributed by atoms with E-state index in [1.807, 2.05) is 11.0 Å². The van der Waals surface area contributed by atoms with Crippen LogP contribution in [0.15, 0.2) is 24.4 Å². The van der Waals surface area contributed by atoms with Gasteiger partial charge in [0, 0.05) is 41.4 Å². The number of hydrogen-bond donors (Lipinski definition) is 2. The van der Waals surface area contributed by atoms with Crippen molar-refractivity contribution in [3.05, 3.63) is 30.0 Å². The fourth-order valence-corrected chi connectivity index (χ4v) is 5.10. The lowest BCUT2D eigenvalue weighted by molar-refractivity contribution is 0.181. The summed E-state index contributed by atoms with van der Waals surface area (Å²) in [6, 6.07) is 7.21. The number of rotatable bonds is 5. The summed E-state index contributed by atoms with van der Waals surface area (Å²) in [5.74, 6) is 0.617. The molecule has 5 heteroatoms. The number of aromatic nitrogens is 1. The Morgan fingerprint density at radius 2 is 2.18 bits per heavy atom. The number of nitrogens with zero attached hydrogens (tertiary/aromatic N) is 2. The van der Waals surface area contributed by atoms with Crippen LogP contribution in [0.5, 0.6) is 0 Å². The average molecular weight is 383 g/mol. The summed E-state index contributed by atoms with van der Waals surface area (Å²) in [6.07, 6.45) is 8.36. The summed E-state index contributed by atoms with van der Waals surface area (Å²) in [5.41, 5.74) is 3.47. The lowest BCUT2D eigenvalue weighted by Gasteiger charge is -2.34. The number of anilines is 1. The SMILES string of the molecule is CCCN(C(=O)Nc1ccc2[nH]cc(C3CCN4CCCC4C3)c2c1)C(C)C. The molecule has 2 aromatic rings. The molecule has 0 spiro atoms. The molecule has 2 atom stereocenters. The van der Waals surface area contributed by atoms with Crippen LogP contribution >= 0.6 is 0 Å². The maximum atomic E-state index is 12.7. The zero-order valence-electron chi connectivity index (χ0n) is 17.5. The summed E-state index contributed by atoms with van der Waals surface area (Å²) in [7, 11) is 0. The third-order valence-corrected chi connectivity index (χ3v) is 6.57. The third-order valence-electron chi connectivity index (χ3n) is 6.57. The van der Waals surface area contributed by atoms with E-state index < -0.39 is 0 Å². The number of fused-ring (bicyclic) bond motifs is 2. The molecule has 1 aromatic carbocycles. The number of aromatic amines is 1. The second-order valence-corrected chi connectivity index (χ2v) is 8.77. The largest absolute Gasteiger partial charge is 0.361 e. The van der Waals surface area contributed by atoms with Crippen LogP contribution in [0, 0.1) is 0 Å². The minimum Gasteiger partial charge on any atom is -0.361 e. The van der Waals surface area contributed by atoms with Crippen molar-refractivity contribution in [3.63, 3.8) is 0 Å². The number of nitrogens with one attached hydrogen (secondary N) is 2. The molecule has 2 N–H and O–H groups in total. The van der Waals surface area contributed by atoms with Gasteiger partial charge < -0.3 is 20.1 Å². The van der Waals surface area contributed by atoms with Gasteiger partial charge in [-0.05, 0) is 88.7 Å².